The van der Waals surface area contributed by atoms with Gasteiger partial charge in [0.25, 0.3) is 0 Å². The highest BCUT2D eigenvalue weighted by Crippen LogP contribution is 2.75. The van der Waals surface area contributed by atoms with Crippen LogP contribution in [0.1, 0.15) is 40.0 Å². The molecule has 3 aliphatic rings. The summed E-state index contributed by atoms with van der Waals surface area (Å²) in [5, 5.41) is 0.506. The molecule has 0 unspecified atom stereocenters. The van der Waals surface area contributed by atoms with Crippen molar-refractivity contribution in [3.63, 3.8) is 0 Å². The summed E-state index contributed by atoms with van der Waals surface area (Å²) in [7, 11) is 0. The van der Waals surface area contributed by atoms with Crippen molar-refractivity contribution >= 4 is 11.8 Å². The molecule has 2 aliphatic carbocycles. The van der Waals surface area contributed by atoms with E-state index in [1.165, 1.54) is 19.3 Å². The lowest BCUT2D eigenvalue weighted by molar-refractivity contribution is -0.0580. The zero-order valence-corrected chi connectivity index (χ0v) is 11.4. The molecule has 0 aromatic rings. The first-order valence-corrected chi connectivity index (χ1v) is 7.27. The molecule has 2 saturated carbocycles. The van der Waals surface area contributed by atoms with Crippen LogP contribution in [0, 0.1) is 16.7 Å². The Bertz CT molecular complexity index is 338. The fraction of sp³-hybridized carbons (Fsp3) is 0.857. The van der Waals surface area contributed by atoms with Gasteiger partial charge in [0, 0.05) is 10.7 Å². The Hall–Kier alpha value is 0.0500. The fourth-order valence-corrected chi connectivity index (χ4v) is 6.01. The van der Waals surface area contributed by atoms with E-state index >= 15 is 0 Å². The first-order valence-electron chi connectivity index (χ1n) is 6.39. The van der Waals surface area contributed by atoms with Gasteiger partial charge < -0.3 is 4.74 Å². The van der Waals surface area contributed by atoms with Crippen LogP contribution < -0.4 is 0 Å². The van der Waals surface area contributed by atoms with Crippen molar-refractivity contribution in [3.8, 4) is 0 Å². The average Bonchev–Trinajstić information content (AvgIpc) is 2.79. The van der Waals surface area contributed by atoms with Gasteiger partial charge in [-0.05, 0) is 30.6 Å². The number of ether oxygens (including phenoxy) is 1. The fourth-order valence-electron chi connectivity index (χ4n) is 4.23. The molecule has 1 nitrogen and oxygen atoms in total. The molecule has 1 saturated heterocycles. The molecule has 1 spiro atoms. The Morgan fingerprint density at radius 1 is 1.38 bits per heavy atom. The monoisotopic (exact) mass is 238 g/mol. The van der Waals surface area contributed by atoms with E-state index in [9.17, 15) is 0 Å². The molecule has 0 aromatic heterocycles. The first kappa shape index (κ1) is 11.2. The molecule has 0 aromatic carbocycles. The first-order chi connectivity index (χ1) is 7.45. The largest absolute Gasteiger partial charge is 0.362 e. The van der Waals surface area contributed by atoms with Gasteiger partial charge in [-0.3, -0.25) is 0 Å². The summed E-state index contributed by atoms with van der Waals surface area (Å²) in [4.78, 5) is 0.0955. The van der Waals surface area contributed by atoms with Crippen molar-refractivity contribution in [3.05, 3.63) is 12.7 Å². The van der Waals surface area contributed by atoms with Crippen molar-refractivity contribution in [2.45, 2.75) is 50.2 Å². The highest BCUT2D eigenvalue weighted by molar-refractivity contribution is 8.01. The molecule has 0 amide bonds. The van der Waals surface area contributed by atoms with Gasteiger partial charge in [-0.1, -0.05) is 26.8 Å². The minimum atomic E-state index is 0.0955. The van der Waals surface area contributed by atoms with Gasteiger partial charge >= 0.3 is 0 Å². The Balaban J connectivity index is 1.98. The van der Waals surface area contributed by atoms with Crippen LogP contribution in [-0.2, 0) is 4.74 Å². The van der Waals surface area contributed by atoms with Gasteiger partial charge in [-0.2, -0.15) is 0 Å². The van der Waals surface area contributed by atoms with Crippen LogP contribution in [0.4, 0.5) is 0 Å². The molecule has 3 rings (SSSR count). The number of thioether (sulfide) groups is 1. The topological polar surface area (TPSA) is 9.23 Å². The van der Waals surface area contributed by atoms with Gasteiger partial charge in [-0.25, -0.2) is 0 Å². The molecule has 3 fully saturated rings. The summed E-state index contributed by atoms with van der Waals surface area (Å²) in [5.41, 5.74) is 0.795. The summed E-state index contributed by atoms with van der Waals surface area (Å²) in [6.45, 7) is 12.1. The highest BCUT2D eigenvalue weighted by Gasteiger charge is 2.71. The van der Waals surface area contributed by atoms with Crippen LogP contribution >= 0.6 is 11.8 Å². The second kappa shape index (κ2) is 3.08. The van der Waals surface area contributed by atoms with Crippen molar-refractivity contribution in [2.75, 3.05) is 6.61 Å². The third-order valence-corrected chi connectivity index (χ3v) is 7.62. The smallest absolute Gasteiger partial charge is 0.120 e. The standard InChI is InChI=1S/C14H22OS/c1-5-11-9-15-14(16-11)8-10-6-7-13(14,4)12(10,2)3/h5,10-11H,1,6-9H2,2-4H3/t10-,11+,13-,14-/m1/s1. The SMILES string of the molecule is C=C[C@H]1CO[C@]2(C[C@H]3CC[C@]2(C)C3(C)C)S1. The van der Waals surface area contributed by atoms with Gasteiger partial charge in [0.1, 0.15) is 4.93 Å². The Morgan fingerprint density at radius 2 is 2.12 bits per heavy atom. The molecule has 2 bridgehead atoms. The minimum absolute atomic E-state index is 0.0955. The zero-order valence-electron chi connectivity index (χ0n) is 10.6. The van der Waals surface area contributed by atoms with Gasteiger partial charge in [-0.15, -0.1) is 18.3 Å². The maximum absolute atomic E-state index is 6.27. The number of hydrogen-bond acceptors (Lipinski definition) is 2. The van der Waals surface area contributed by atoms with E-state index in [2.05, 4.69) is 33.4 Å². The number of fused-ring (bicyclic) bond motifs is 3. The van der Waals surface area contributed by atoms with E-state index < -0.39 is 0 Å². The number of rotatable bonds is 1. The summed E-state index contributed by atoms with van der Waals surface area (Å²) in [6, 6.07) is 0. The minimum Gasteiger partial charge on any atom is -0.362 e. The molecule has 0 radical (unpaired) electrons. The Labute approximate surface area is 103 Å². The molecule has 4 atom stereocenters. The van der Waals surface area contributed by atoms with Crippen molar-refractivity contribution in [1.29, 1.82) is 0 Å². The second-order valence-corrected chi connectivity index (χ2v) is 7.95. The summed E-state index contributed by atoms with van der Waals surface area (Å²) < 4.78 is 6.27. The zero-order chi connectivity index (χ0) is 11.6. The lowest BCUT2D eigenvalue weighted by Crippen LogP contribution is -2.44. The van der Waals surface area contributed by atoms with Crippen molar-refractivity contribution in [1.82, 2.24) is 0 Å². The van der Waals surface area contributed by atoms with Crippen LogP contribution in [0.25, 0.3) is 0 Å². The normalized spacial score (nSPS) is 53.7. The van der Waals surface area contributed by atoms with Crippen LogP contribution in [0.15, 0.2) is 12.7 Å². The molecule has 1 heterocycles. The third kappa shape index (κ3) is 1.04. The third-order valence-electron chi connectivity index (χ3n) is 5.88. The van der Waals surface area contributed by atoms with Crippen LogP contribution in [0.3, 0.4) is 0 Å². The molecular weight excluding hydrogens is 216 g/mol. The predicted octanol–water partition coefficient (Wildman–Crippen LogP) is 3.85. The summed E-state index contributed by atoms with van der Waals surface area (Å²) in [6.07, 6.45) is 6.04. The maximum atomic E-state index is 6.27. The van der Waals surface area contributed by atoms with E-state index in [0.29, 0.717) is 16.1 Å². The summed E-state index contributed by atoms with van der Waals surface area (Å²) in [5.74, 6) is 0.855. The predicted molar refractivity (Wildman–Crippen MR) is 69.5 cm³/mol. The highest BCUT2D eigenvalue weighted by atomic mass is 32.2. The molecule has 2 heteroatoms. The van der Waals surface area contributed by atoms with E-state index in [0.717, 1.165) is 12.5 Å². The van der Waals surface area contributed by atoms with Crippen LogP contribution in [0.2, 0.25) is 0 Å². The molecule has 0 N–H and O–H groups in total. The van der Waals surface area contributed by atoms with Gasteiger partial charge in [0.15, 0.2) is 0 Å². The van der Waals surface area contributed by atoms with Gasteiger partial charge in [0.05, 0.1) is 6.61 Å². The summed E-state index contributed by atoms with van der Waals surface area (Å²) >= 11 is 2.04. The Morgan fingerprint density at radius 3 is 2.56 bits per heavy atom. The van der Waals surface area contributed by atoms with Crippen molar-refractivity contribution < 1.29 is 4.74 Å². The number of hydrogen-bond donors (Lipinski definition) is 0. The van der Waals surface area contributed by atoms with Crippen molar-refractivity contribution in [2.24, 2.45) is 16.7 Å². The molecule has 1 aliphatic heterocycles. The van der Waals surface area contributed by atoms with Gasteiger partial charge in [0.2, 0.25) is 0 Å². The lowest BCUT2D eigenvalue weighted by atomic mass is 9.69. The molecule has 90 valence electrons. The maximum Gasteiger partial charge on any atom is 0.120 e. The van der Waals surface area contributed by atoms with E-state index in [4.69, 9.17) is 4.74 Å². The lowest BCUT2D eigenvalue weighted by Gasteiger charge is -2.45. The quantitative estimate of drug-likeness (QED) is 0.642. The van der Waals surface area contributed by atoms with Crippen LogP contribution in [0.5, 0.6) is 0 Å². The molecule has 16 heavy (non-hydrogen) atoms. The Kier molecular flexibility index (Phi) is 2.15. The average molecular weight is 238 g/mol. The molecular formula is C14H22OS. The second-order valence-electron chi connectivity index (χ2n) is 6.45. The van der Waals surface area contributed by atoms with E-state index in [-0.39, 0.29) is 4.93 Å². The van der Waals surface area contributed by atoms with Crippen LogP contribution in [-0.4, -0.2) is 16.8 Å². The van der Waals surface area contributed by atoms with E-state index in [1.807, 2.05) is 11.8 Å². The van der Waals surface area contributed by atoms with E-state index in [1.54, 1.807) is 0 Å².